The van der Waals surface area contributed by atoms with Crippen molar-refractivity contribution in [2.24, 2.45) is 7.05 Å². The zero-order chi connectivity index (χ0) is 12.4. The van der Waals surface area contributed by atoms with E-state index >= 15 is 0 Å². The third-order valence-corrected chi connectivity index (χ3v) is 3.87. The minimum atomic E-state index is 0.731. The predicted molar refractivity (Wildman–Crippen MR) is 71.9 cm³/mol. The molecule has 0 saturated heterocycles. The van der Waals surface area contributed by atoms with Crippen molar-refractivity contribution in [1.29, 1.82) is 0 Å². The normalized spacial score (nSPS) is 10.6. The Kier molecular flexibility index (Phi) is 3.47. The molecule has 1 N–H and O–H groups in total. The van der Waals surface area contributed by atoms with Gasteiger partial charge in [0.1, 0.15) is 5.82 Å². The highest BCUT2D eigenvalue weighted by atomic mass is 79.9. The molecule has 0 saturated carbocycles. The highest BCUT2D eigenvalue weighted by Gasteiger charge is 2.06. The second-order valence-corrected chi connectivity index (χ2v) is 4.82. The van der Waals surface area contributed by atoms with Gasteiger partial charge in [0.25, 0.3) is 0 Å². The summed E-state index contributed by atoms with van der Waals surface area (Å²) in [6, 6.07) is 1.98. The molecule has 0 atom stereocenters. The average molecular weight is 295 g/mol. The quantitative estimate of drug-likeness (QED) is 0.947. The molecule has 0 fully saturated rings. The lowest BCUT2D eigenvalue weighted by molar-refractivity contribution is 0.738. The number of nitrogens with one attached hydrogen (secondary N) is 1. The summed E-state index contributed by atoms with van der Waals surface area (Å²) in [5.74, 6) is 0.869. The van der Waals surface area contributed by atoms with Gasteiger partial charge in [-0.3, -0.25) is 4.68 Å². The number of anilines is 1. The molecule has 17 heavy (non-hydrogen) atoms. The van der Waals surface area contributed by atoms with E-state index in [0.29, 0.717) is 0 Å². The topological polar surface area (TPSA) is 42.7 Å². The molecule has 0 unspecified atom stereocenters. The third-order valence-electron chi connectivity index (χ3n) is 2.87. The van der Waals surface area contributed by atoms with E-state index in [9.17, 15) is 0 Å². The van der Waals surface area contributed by atoms with E-state index in [1.165, 1.54) is 16.8 Å². The third kappa shape index (κ3) is 2.49. The molecular weight excluding hydrogens is 280 g/mol. The van der Waals surface area contributed by atoms with Gasteiger partial charge in [-0.25, -0.2) is 4.98 Å². The largest absolute Gasteiger partial charge is 0.365 e. The molecule has 5 heteroatoms. The molecule has 0 aliphatic heterocycles. The first kappa shape index (κ1) is 12.1. The summed E-state index contributed by atoms with van der Waals surface area (Å²) in [4.78, 5) is 4.31. The average Bonchev–Trinajstić information content (AvgIpc) is 2.62. The van der Waals surface area contributed by atoms with Crippen LogP contribution in [-0.4, -0.2) is 14.8 Å². The molecule has 90 valence electrons. The van der Waals surface area contributed by atoms with Crippen molar-refractivity contribution >= 4 is 21.7 Å². The fourth-order valence-electron chi connectivity index (χ4n) is 1.56. The predicted octanol–water partition coefficient (Wildman–Crippen LogP) is 2.81. The number of halogens is 1. The number of hydrogen-bond acceptors (Lipinski definition) is 3. The second-order valence-electron chi connectivity index (χ2n) is 4.02. The Balaban J connectivity index is 2.13. The Morgan fingerprint density at radius 2 is 2.18 bits per heavy atom. The Bertz CT molecular complexity index is 533. The Morgan fingerprint density at radius 1 is 1.41 bits per heavy atom. The van der Waals surface area contributed by atoms with Gasteiger partial charge in [0.15, 0.2) is 0 Å². The fourth-order valence-corrected chi connectivity index (χ4v) is 1.93. The summed E-state index contributed by atoms with van der Waals surface area (Å²) in [5.41, 5.74) is 3.52. The van der Waals surface area contributed by atoms with Crippen LogP contribution in [0.3, 0.4) is 0 Å². The molecule has 0 amide bonds. The van der Waals surface area contributed by atoms with Gasteiger partial charge in [0, 0.05) is 31.0 Å². The zero-order valence-electron chi connectivity index (χ0n) is 10.2. The highest BCUT2D eigenvalue weighted by molar-refractivity contribution is 9.10. The summed E-state index contributed by atoms with van der Waals surface area (Å²) < 4.78 is 2.89. The zero-order valence-corrected chi connectivity index (χ0v) is 11.7. The van der Waals surface area contributed by atoms with Gasteiger partial charge in [0.2, 0.25) is 0 Å². The van der Waals surface area contributed by atoms with Gasteiger partial charge >= 0.3 is 0 Å². The highest BCUT2D eigenvalue weighted by Crippen LogP contribution is 2.23. The monoisotopic (exact) mass is 294 g/mol. The van der Waals surface area contributed by atoms with Gasteiger partial charge < -0.3 is 5.32 Å². The maximum atomic E-state index is 4.31. The summed E-state index contributed by atoms with van der Waals surface area (Å²) in [7, 11) is 1.94. The smallest absolute Gasteiger partial charge is 0.140 e. The Hall–Kier alpha value is -1.36. The maximum absolute atomic E-state index is 4.31. The van der Waals surface area contributed by atoms with E-state index in [4.69, 9.17) is 0 Å². The molecule has 0 aliphatic carbocycles. The van der Waals surface area contributed by atoms with Gasteiger partial charge in [-0.15, -0.1) is 0 Å². The van der Waals surface area contributed by atoms with E-state index in [1.807, 2.05) is 30.9 Å². The van der Waals surface area contributed by atoms with E-state index in [0.717, 1.165) is 16.8 Å². The molecule has 0 radical (unpaired) electrons. The molecule has 2 rings (SSSR count). The lowest BCUT2D eigenvalue weighted by Gasteiger charge is -2.08. The van der Waals surface area contributed by atoms with Crippen LogP contribution in [0.15, 0.2) is 22.9 Å². The molecule has 0 spiro atoms. The number of pyridine rings is 1. The van der Waals surface area contributed by atoms with E-state index < -0.39 is 0 Å². The van der Waals surface area contributed by atoms with Gasteiger partial charge in [-0.05, 0) is 41.4 Å². The van der Waals surface area contributed by atoms with Crippen LogP contribution in [0.1, 0.15) is 16.8 Å². The Morgan fingerprint density at radius 3 is 2.82 bits per heavy atom. The minimum absolute atomic E-state index is 0.731. The van der Waals surface area contributed by atoms with E-state index in [2.05, 4.69) is 38.3 Å². The van der Waals surface area contributed by atoms with Crippen molar-refractivity contribution in [3.05, 3.63) is 39.8 Å². The van der Waals surface area contributed by atoms with Crippen molar-refractivity contribution in [2.45, 2.75) is 20.4 Å². The number of rotatable bonds is 3. The van der Waals surface area contributed by atoms with E-state index in [1.54, 1.807) is 6.20 Å². The van der Waals surface area contributed by atoms with Crippen LogP contribution in [0, 0.1) is 13.8 Å². The van der Waals surface area contributed by atoms with Crippen LogP contribution in [-0.2, 0) is 13.6 Å². The lowest BCUT2D eigenvalue weighted by Crippen LogP contribution is -2.04. The van der Waals surface area contributed by atoms with Crippen LogP contribution >= 0.6 is 15.9 Å². The van der Waals surface area contributed by atoms with Crippen LogP contribution in [0.4, 0.5) is 5.82 Å². The Labute approximate surface area is 109 Å². The van der Waals surface area contributed by atoms with Crippen LogP contribution < -0.4 is 5.32 Å². The van der Waals surface area contributed by atoms with E-state index in [-0.39, 0.29) is 0 Å². The van der Waals surface area contributed by atoms with Gasteiger partial charge in [0.05, 0.1) is 10.7 Å². The number of nitrogens with zero attached hydrogens (tertiary/aromatic N) is 3. The number of aromatic nitrogens is 3. The van der Waals surface area contributed by atoms with Crippen LogP contribution in [0.25, 0.3) is 0 Å². The summed E-state index contributed by atoms with van der Waals surface area (Å²) >= 11 is 3.53. The summed E-state index contributed by atoms with van der Waals surface area (Å²) in [6.45, 7) is 4.84. The maximum Gasteiger partial charge on any atom is 0.140 e. The first-order valence-corrected chi connectivity index (χ1v) is 6.21. The lowest BCUT2D eigenvalue weighted by atomic mass is 10.2. The van der Waals surface area contributed by atoms with Crippen molar-refractivity contribution in [2.75, 3.05) is 5.32 Å². The fraction of sp³-hybridized carbons (Fsp3) is 0.333. The van der Waals surface area contributed by atoms with Crippen molar-refractivity contribution in [3.8, 4) is 0 Å². The summed E-state index contributed by atoms with van der Waals surface area (Å²) in [5, 5.41) is 7.53. The standard InChI is InChI=1S/C12H15BrN4/c1-8-4-5-14-12(11(8)13)15-6-10-7-16-17(3)9(10)2/h4-5,7H,6H2,1-3H3,(H,14,15). The molecule has 2 heterocycles. The number of hydrogen-bond donors (Lipinski definition) is 1. The molecule has 0 aromatic carbocycles. The van der Waals surface area contributed by atoms with Crippen LogP contribution in [0.5, 0.6) is 0 Å². The minimum Gasteiger partial charge on any atom is -0.365 e. The first-order valence-electron chi connectivity index (χ1n) is 5.42. The number of aryl methyl sites for hydroxylation is 2. The van der Waals surface area contributed by atoms with Gasteiger partial charge in [-0.2, -0.15) is 5.10 Å². The molecule has 4 nitrogen and oxygen atoms in total. The van der Waals surface area contributed by atoms with Crippen molar-refractivity contribution < 1.29 is 0 Å². The summed E-state index contributed by atoms with van der Waals surface area (Å²) in [6.07, 6.45) is 3.69. The van der Waals surface area contributed by atoms with Crippen LogP contribution in [0.2, 0.25) is 0 Å². The van der Waals surface area contributed by atoms with Crippen molar-refractivity contribution in [3.63, 3.8) is 0 Å². The molecular formula is C12H15BrN4. The van der Waals surface area contributed by atoms with Gasteiger partial charge in [-0.1, -0.05) is 0 Å². The molecule has 2 aromatic heterocycles. The SMILES string of the molecule is Cc1ccnc(NCc2cnn(C)c2C)c1Br. The molecule has 2 aromatic rings. The van der Waals surface area contributed by atoms with Crippen molar-refractivity contribution in [1.82, 2.24) is 14.8 Å². The first-order chi connectivity index (χ1) is 8.09. The molecule has 0 bridgehead atoms. The second kappa shape index (κ2) is 4.87. The molecule has 0 aliphatic rings.